The molecule has 4 heterocycles. The number of pyridine rings is 1. The monoisotopic (exact) mass is 363 g/mol. The third kappa shape index (κ3) is 2.81. The maximum absolute atomic E-state index is 12.2. The third-order valence-corrected chi connectivity index (χ3v) is 5.86. The van der Waals surface area contributed by atoms with E-state index in [2.05, 4.69) is 36.8 Å². The van der Waals surface area contributed by atoms with Crippen LogP contribution in [0, 0.1) is 11.8 Å². The van der Waals surface area contributed by atoms with Crippen LogP contribution in [-0.4, -0.2) is 46.4 Å². The molecule has 1 aromatic heterocycles. The molecule has 3 atom stereocenters. The number of carbonyl (C=O) groups excluding carboxylic acids is 1. The number of carbonyl (C=O) groups is 1. The third-order valence-electron chi connectivity index (χ3n) is 5.42. The standard InChI is InChI=1S/C17H22BrN3O/c18-15-5-12(6-19-7-15)8-20-9-13-4-14(11-20)16-2-1-3-17(22)21(16)10-13/h5-7,13-14,16H,1-4,8-11H2/t13-,14-,16-/m0/s1. The van der Waals surface area contributed by atoms with Gasteiger partial charge in [-0.3, -0.25) is 14.7 Å². The van der Waals surface area contributed by atoms with Gasteiger partial charge in [0, 0.05) is 55.5 Å². The van der Waals surface area contributed by atoms with Crippen LogP contribution in [0.2, 0.25) is 0 Å². The summed E-state index contributed by atoms with van der Waals surface area (Å²) < 4.78 is 1.05. The maximum atomic E-state index is 12.2. The predicted molar refractivity (Wildman–Crippen MR) is 88.2 cm³/mol. The fraction of sp³-hybridized carbons (Fsp3) is 0.647. The van der Waals surface area contributed by atoms with Gasteiger partial charge in [-0.15, -0.1) is 0 Å². The molecule has 4 rings (SSSR count). The van der Waals surface area contributed by atoms with Crippen LogP contribution in [0.15, 0.2) is 22.9 Å². The molecule has 3 fully saturated rings. The molecule has 3 aliphatic rings. The number of aromatic nitrogens is 1. The average Bonchev–Trinajstić information content (AvgIpc) is 2.48. The van der Waals surface area contributed by atoms with Crippen LogP contribution < -0.4 is 0 Å². The number of piperidine rings is 3. The number of nitrogens with zero attached hydrogens (tertiary/aromatic N) is 3. The van der Waals surface area contributed by atoms with Crippen LogP contribution in [0.1, 0.15) is 31.2 Å². The molecule has 0 aliphatic carbocycles. The molecule has 3 saturated heterocycles. The van der Waals surface area contributed by atoms with Crippen molar-refractivity contribution in [3.05, 3.63) is 28.5 Å². The van der Waals surface area contributed by atoms with E-state index >= 15 is 0 Å². The fourth-order valence-corrected chi connectivity index (χ4v) is 5.05. The second-order valence-electron chi connectivity index (χ2n) is 7.07. The number of hydrogen-bond acceptors (Lipinski definition) is 3. The van der Waals surface area contributed by atoms with Crippen molar-refractivity contribution >= 4 is 21.8 Å². The van der Waals surface area contributed by atoms with Crippen LogP contribution in [0.3, 0.4) is 0 Å². The van der Waals surface area contributed by atoms with E-state index in [9.17, 15) is 4.79 Å². The lowest BCUT2D eigenvalue weighted by Crippen LogP contribution is -2.60. The highest BCUT2D eigenvalue weighted by Gasteiger charge is 2.43. The molecule has 0 spiro atoms. The molecule has 118 valence electrons. The first-order chi connectivity index (χ1) is 10.7. The molecular weight excluding hydrogens is 342 g/mol. The van der Waals surface area contributed by atoms with Crippen molar-refractivity contribution in [2.45, 2.75) is 38.3 Å². The lowest BCUT2D eigenvalue weighted by atomic mass is 9.76. The summed E-state index contributed by atoms with van der Waals surface area (Å²) in [6.45, 7) is 4.18. The van der Waals surface area contributed by atoms with E-state index in [1.165, 1.54) is 18.4 Å². The number of amides is 1. The predicted octanol–water partition coefficient (Wildman–Crippen LogP) is 2.68. The van der Waals surface area contributed by atoms with E-state index in [0.717, 1.165) is 43.5 Å². The minimum Gasteiger partial charge on any atom is -0.339 e. The Balaban J connectivity index is 1.47. The van der Waals surface area contributed by atoms with Gasteiger partial charge in [-0.05, 0) is 58.7 Å². The topological polar surface area (TPSA) is 36.4 Å². The Bertz CT molecular complexity index is 579. The summed E-state index contributed by atoms with van der Waals surface area (Å²) in [5, 5.41) is 0. The van der Waals surface area contributed by atoms with Crippen molar-refractivity contribution in [3.63, 3.8) is 0 Å². The number of fused-ring (bicyclic) bond motifs is 4. The molecule has 22 heavy (non-hydrogen) atoms. The van der Waals surface area contributed by atoms with Gasteiger partial charge < -0.3 is 4.90 Å². The quantitative estimate of drug-likeness (QED) is 0.810. The highest BCUT2D eigenvalue weighted by Crippen LogP contribution is 2.38. The van der Waals surface area contributed by atoms with Gasteiger partial charge in [-0.2, -0.15) is 0 Å². The summed E-state index contributed by atoms with van der Waals surface area (Å²) in [5.41, 5.74) is 1.27. The number of hydrogen-bond donors (Lipinski definition) is 0. The molecule has 0 aromatic carbocycles. The normalized spacial score (nSPS) is 32.0. The van der Waals surface area contributed by atoms with Crippen molar-refractivity contribution in [2.24, 2.45) is 11.8 Å². The highest BCUT2D eigenvalue weighted by molar-refractivity contribution is 9.10. The Morgan fingerprint density at radius 3 is 3.05 bits per heavy atom. The largest absolute Gasteiger partial charge is 0.339 e. The molecule has 0 saturated carbocycles. The summed E-state index contributed by atoms with van der Waals surface area (Å²) >= 11 is 3.50. The average molecular weight is 364 g/mol. The summed E-state index contributed by atoms with van der Waals surface area (Å²) in [5.74, 6) is 1.71. The lowest BCUT2D eigenvalue weighted by molar-refractivity contribution is -0.145. The molecule has 4 nitrogen and oxygen atoms in total. The molecule has 0 radical (unpaired) electrons. The van der Waals surface area contributed by atoms with Gasteiger partial charge in [0.1, 0.15) is 0 Å². The zero-order valence-electron chi connectivity index (χ0n) is 12.7. The molecule has 0 N–H and O–H groups in total. The Labute approximate surface area is 140 Å². The molecule has 1 amide bonds. The zero-order chi connectivity index (χ0) is 15.1. The SMILES string of the molecule is O=C1CCC[C@H]2[C@H]3C[C@@H](CN(Cc4cncc(Br)c4)C3)CN12. The van der Waals surface area contributed by atoms with Gasteiger partial charge in [0.05, 0.1) is 0 Å². The summed E-state index contributed by atoms with van der Waals surface area (Å²) in [7, 11) is 0. The van der Waals surface area contributed by atoms with Gasteiger partial charge in [0.15, 0.2) is 0 Å². The van der Waals surface area contributed by atoms with Crippen molar-refractivity contribution in [1.82, 2.24) is 14.8 Å². The van der Waals surface area contributed by atoms with E-state index in [-0.39, 0.29) is 0 Å². The smallest absolute Gasteiger partial charge is 0.222 e. The second kappa shape index (κ2) is 5.93. The highest BCUT2D eigenvalue weighted by atomic mass is 79.9. The molecule has 2 bridgehead atoms. The zero-order valence-corrected chi connectivity index (χ0v) is 14.3. The van der Waals surface area contributed by atoms with Crippen LogP contribution in [0.5, 0.6) is 0 Å². The van der Waals surface area contributed by atoms with E-state index in [4.69, 9.17) is 0 Å². The van der Waals surface area contributed by atoms with Gasteiger partial charge in [-0.1, -0.05) is 0 Å². The molecular formula is C17H22BrN3O. The van der Waals surface area contributed by atoms with E-state index < -0.39 is 0 Å². The van der Waals surface area contributed by atoms with E-state index in [0.29, 0.717) is 23.8 Å². The van der Waals surface area contributed by atoms with Crippen LogP contribution in [0.4, 0.5) is 0 Å². The van der Waals surface area contributed by atoms with Crippen molar-refractivity contribution in [1.29, 1.82) is 0 Å². The minimum atomic E-state index is 0.399. The fourth-order valence-electron chi connectivity index (χ4n) is 4.64. The first-order valence-corrected chi connectivity index (χ1v) is 9.09. The molecule has 1 aromatic rings. The van der Waals surface area contributed by atoms with Crippen molar-refractivity contribution < 1.29 is 4.79 Å². The molecule has 5 heteroatoms. The Hall–Kier alpha value is -0.940. The maximum Gasteiger partial charge on any atom is 0.222 e. The van der Waals surface area contributed by atoms with Crippen molar-refractivity contribution in [3.8, 4) is 0 Å². The molecule has 0 unspecified atom stereocenters. The van der Waals surface area contributed by atoms with E-state index in [1.807, 2.05) is 12.4 Å². The lowest BCUT2D eigenvalue weighted by Gasteiger charge is -2.52. The van der Waals surface area contributed by atoms with Crippen LogP contribution >= 0.6 is 15.9 Å². The first-order valence-electron chi connectivity index (χ1n) is 8.30. The summed E-state index contributed by atoms with van der Waals surface area (Å²) in [4.78, 5) is 21.2. The Kier molecular flexibility index (Phi) is 3.95. The minimum absolute atomic E-state index is 0.399. The van der Waals surface area contributed by atoms with Gasteiger partial charge in [0.25, 0.3) is 0 Å². The van der Waals surface area contributed by atoms with Gasteiger partial charge >= 0.3 is 0 Å². The number of likely N-dealkylation sites (tertiary alicyclic amines) is 1. The Morgan fingerprint density at radius 2 is 2.18 bits per heavy atom. The van der Waals surface area contributed by atoms with Crippen molar-refractivity contribution in [2.75, 3.05) is 19.6 Å². The van der Waals surface area contributed by atoms with E-state index in [1.54, 1.807) is 0 Å². The van der Waals surface area contributed by atoms with Crippen LogP contribution in [0.25, 0.3) is 0 Å². The number of rotatable bonds is 2. The van der Waals surface area contributed by atoms with Gasteiger partial charge in [-0.25, -0.2) is 0 Å². The number of halogens is 1. The van der Waals surface area contributed by atoms with Gasteiger partial charge in [0.2, 0.25) is 5.91 Å². The second-order valence-corrected chi connectivity index (χ2v) is 7.99. The first kappa shape index (κ1) is 14.6. The molecule has 3 aliphatic heterocycles. The summed E-state index contributed by atoms with van der Waals surface area (Å²) in [6, 6.07) is 2.66. The summed E-state index contributed by atoms with van der Waals surface area (Å²) in [6.07, 6.45) is 8.16. The Morgan fingerprint density at radius 1 is 1.27 bits per heavy atom. The van der Waals surface area contributed by atoms with Crippen LogP contribution in [-0.2, 0) is 11.3 Å².